The van der Waals surface area contributed by atoms with E-state index in [1.807, 2.05) is 37.3 Å². The third-order valence-corrected chi connectivity index (χ3v) is 6.49. The largest absolute Gasteiger partial charge is 0.352 e. The van der Waals surface area contributed by atoms with E-state index in [4.69, 9.17) is 0 Å². The Morgan fingerprint density at radius 3 is 2.43 bits per heavy atom. The Kier molecular flexibility index (Phi) is 4.86. The highest BCUT2D eigenvalue weighted by molar-refractivity contribution is 5.88. The van der Waals surface area contributed by atoms with Crippen LogP contribution in [0.3, 0.4) is 0 Å². The van der Waals surface area contributed by atoms with Crippen molar-refractivity contribution in [3.05, 3.63) is 53.9 Å². The molecule has 8 heteroatoms. The van der Waals surface area contributed by atoms with Crippen molar-refractivity contribution in [2.75, 3.05) is 44.2 Å². The number of benzene rings is 1. The minimum Gasteiger partial charge on any atom is -0.352 e. The van der Waals surface area contributed by atoms with Crippen LogP contribution in [0.1, 0.15) is 24.2 Å². The molecule has 0 bridgehead atoms. The Morgan fingerprint density at radius 2 is 1.70 bits per heavy atom. The number of aryl methyl sites for hydroxylation is 1. The van der Waals surface area contributed by atoms with Gasteiger partial charge in [0, 0.05) is 26.2 Å². The second kappa shape index (κ2) is 7.68. The van der Waals surface area contributed by atoms with Crippen molar-refractivity contribution < 1.29 is 4.79 Å². The molecular weight excluding hydrogens is 378 g/mol. The summed E-state index contributed by atoms with van der Waals surface area (Å²) in [6.07, 6.45) is 1.70. The van der Waals surface area contributed by atoms with Gasteiger partial charge in [-0.2, -0.15) is 4.52 Å². The van der Waals surface area contributed by atoms with E-state index in [0.29, 0.717) is 13.1 Å². The average Bonchev–Trinajstić information content (AvgIpc) is 3.20. The number of hydrogen-bond donors (Lipinski definition) is 1. The van der Waals surface area contributed by atoms with E-state index in [1.54, 1.807) is 4.52 Å². The van der Waals surface area contributed by atoms with Crippen molar-refractivity contribution in [3.63, 3.8) is 0 Å². The molecule has 0 radical (unpaired) electrons. The highest BCUT2D eigenvalue weighted by atomic mass is 16.2. The standard InChI is InChI=1S/C22H27N7O/c1-17-24-25-19-7-8-20(26-29(17)19)27-13-15-28(16-14-27)21(30)22(9-11-23-12-10-22)18-5-3-2-4-6-18/h2-8,23H,9-16H2,1H3. The van der Waals surface area contributed by atoms with Crippen LogP contribution in [0.25, 0.3) is 5.65 Å². The lowest BCUT2D eigenvalue weighted by Gasteiger charge is -2.43. The number of anilines is 1. The maximum absolute atomic E-state index is 13.7. The lowest BCUT2D eigenvalue weighted by atomic mass is 9.72. The number of nitrogens with zero attached hydrogens (tertiary/aromatic N) is 6. The third-order valence-electron chi connectivity index (χ3n) is 6.49. The molecule has 0 saturated carbocycles. The summed E-state index contributed by atoms with van der Waals surface area (Å²) in [5, 5.41) is 16.3. The lowest BCUT2D eigenvalue weighted by molar-refractivity contribution is -0.139. The monoisotopic (exact) mass is 405 g/mol. The van der Waals surface area contributed by atoms with Gasteiger partial charge in [0.15, 0.2) is 11.5 Å². The molecular formula is C22H27N7O. The Morgan fingerprint density at radius 1 is 0.967 bits per heavy atom. The second-order valence-corrected chi connectivity index (χ2v) is 8.19. The summed E-state index contributed by atoms with van der Waals surface area (Å²) in [5.74, 6) is 1.95. The van der Waals surface area contributed by atoms with Gasteiger partial charge in [0.1, 0.15) is 5.82 Å². The van der Waals surface area contributed by atoms with Gasteiger partial charge in [-0.1, -0.05) is 30.3 Å². The number of piperazine rings is 1. The van der Waals surface area contributed by atoms with Gasteiger partial charge >= 0.3 is 0 Å². The number of fused-ring (bicyclic) bond motifs is 1. The van der Waals surface area contributed by atoms with Crippen LogP contribution < -0.4 is 10.2 Å². The second-order valence-electron chi connectivity index (χ2n) is 8.19. The molecule has 2 aliphatic heterocycles. The Bertz CT molecular complexity index is 1030. The van der Waals surface area contributed by atoms with E-state index < -0.39 is 5.41 Å². The molecule has 4 heterocycles. The van der Waals surface area contributed by atoms with Crippen molar-refractivity contribution in [1.82, 2.24) is 30.0 Å². The smallest absolute Gasteiger partial charge is 0.233 e. The van der Waals surface area contributed by atoms with Crippen LogP contribution in [0.15, 0.2) is 42.5 Å². The highest BCUT2D eigenvalue weighted by Crippen LogP contribution is 2.36. The number of carbonyl (C=O) groups is 1. The first-order chi connectivity index (χ1) is 14.7. The normalized spacial score (nSPS) is 19.2. The van der Waals surface area contributed by atoms with Crippen LogP contribution in [0.5, 0.6) is 0 Å². The molecule has 2 fully saturated rings. The van der Waals surface area contributed by atoms with E-state index in [2.05, 4.69) is 42.5 Å². The number of aromatic nitrogens is 4. The Hall–Kier alpha value is -3.00. The van der Waals surface area contributed by atoms with Gasteiger partial charge in [0.2, 0.25) is 5.91 Å². The van der Waals surface area contributed by atoms with Crippen molar-refractivity contribution in [1.29, 1.82) is 0 Å². The molecule has 0 aliphatic carbocycles. The predicted molar refractivity (Wildman–Crippen MR) is 115 cm³/mol. The van der Waals surface area contributed by atoms with E-state index >= 15 is 0 Å². The molecule has 8 nitrogen and oxygen atoms in total. The molecule has 2 aromatic heterocycles. The highest BCUT2D eigenvalue weighted by Gasteiger charge is 2.44. The van der Waals surface area contributed by atoms with Gasteiger partial charge in [-0.3, -0.25) is 4.79 Å². The minimum atomic E-state index is -0.411. The van der Waals surface area contributed by atoms with Gasteiger partial charge in [-0.25, -0.2) is 0 Å². The molecule has 3 aromatic rings. The Balaban J connectivity index is 1.33. The molecule has 156 valence electrons. The summed E-state index contributed by atoms with van der Waals surface area (Å²) in [6, 6.07) is 14.2. The zero-order valence-electron chi connectivity index (χ0n) is 17.3. The number of carbonyl (C=O) groups excluding carboxylic acids is 1. The molecule has 0 atom stereocenters. The first-order valence-electron chi connectivity index (χ1n) is 10.7. The summed E-state index contributed by atoms with van der Waals surface area (Å²) in [7, 11) is 0. The Labute approximate surface area is 175 Å². The first kappa shape index (κ1) is 19.0. The molecule has 2 saturated heterocycles. The molecule has 5 rings (SSSR count). The number of rotatable bonds is 3. The number of piperidine rings is 1. The van der Waals surface area contributed by atoms with Gasteiger partial charge < -0.3 is 15.1 Å². The van der Waals surface area contributed by atoms with Crippen molar-refractivity contribution >= 4 is 17.4 Å². The van der Waals surface area contributed by atoms with Crippen LogP contribution in [-0.2, 0) is 10.2 Å². The summed E-state index contributed by atoms with van der Waals surface area (Å²) in [5.41, 5.74) is 1.49. The molecule has 1 amide bonds. The fourth-order valence-corrected chi connectivity index (χ4v) is 4.73. The van der Waals surface area contributed by atoms with Crippen molar-refractivity contribution in [3.8, 4) is 0 Å². The number of nitrogens with one attached hydrogen (secondary N) is 1. The van der Waals surface area contributed by atoms with Gasteiger partial charge in [0.25, 0.3) is 0 Å². The van der Waals surface area contributed by atoms with Crippen LogP contribution in [0.2, 0.25) is 0 Å². The quantitative estimate of drug-likeness (QED) is 0.710. The fourth-order valence-electron chi connectivity index (χ4n) is 4.73. The first-order valence-corrected chi connectivity index (χ1v) is 10.7. The minimum absolute atomic E-state index is 0.271. The summed E-state index contributed by atoms with van der Waals surface area (Å²) in [4.78, 5) is 18.0. The third kappa shape index (κ3) is 3.21. The molecule has 1 N–H and O–H groups in total. The zero-order chi connectivity index (χ0) is 20.6. The van der Waals surface area contributed by atoms with E-state index in [-0.39, 0.29) is 5.91 Å². The fraction of sp³-hybridized carbons (Fsp3) is 0.455. The summed E-state index contributed by atoms with van der Waals surface area (Å²) < 4.78 is 1.77. The van der Waals surface area contributed by atoms with Gasteiger partial charge in [-0.05, 0) is 50.6 Å². The van der Waals surface area contributed by atoms with Crippen molar-refractivity contribution in [2.24, 2.45) is 0 Å². The average molecular weight is 406 g/mol. The maximum Gasteiger partial charge on any atom is 0.233 e. The molecule has 2 aliphatic rings. The number of hydrogen-bond acceptors (Lipinski definition) is 6. The molecule has 0 unspecified atom stereocenters. The van der Waals surface area contributed by atoms with E-state index in [9.17, 15) is 4.79 Å². The summed E-state index contributed by atoms with van der Waals surface area (Å²) >= 11 is 0. The van der Waals surface area contributed by atoms with E-state index in [0.717, 1.165) is 61.9 Å². The van der Waals surface area contributed by atoms with Crippen molar-refractivity contribution in [2.45, 2.75) is 25.2 Å². The molecule has 30 heavy (non-hydrogen) atoms. The van der Waals surface area contributed by atoms with Gasteiger partial charge in [0.05, 0.1) is 5.41 Å². The van der Waals surface area contributed by atoms with E-state index in [1.165, 1.54) is 0 Å². The SMILES string of the molecule is Cc1nnc2ccc(N3CCN(C(=O)C4(c5ccccc5)CCNCC4)CC3)nn12. The molecule has 0 spiro atoms. The molecule has 1 aromatic carbocycles. The van der Waals surface area contributed by atoms with Crippen LogP contribution >= 0.6 is 0 Å². The van der Waals surface area contributed by atoms with Crippen LogP contribution in [0, 0.1) is 6.92 Å². The zero-order valence-corrected chi connectivity index (χ0v) is 17.3. The van der Waals surface area contributed by atoms with Gasteiger partial charge in [-0.15, -0.1) is 15.3 Å². The summed E-state index contributed by atoms with van der Waals surface area (Å²) in [6.45, 7) is 6.62. The topological polar surface area (TPSA) is 78.7 Å². The maximum atomic E-state index is 13.7. The van der Waals surface area contributed by atoms with Crippen LogP contribution in [0.4, 0.5) is 5.82 Å². The lowest BCUT2D eigenvalue weighted by Crippen LogP contribution is -2.57. The predicted octanol–water partition coefficient (Wildman–Crippen LogP) is 1.40. The van der Waals surface area contributed by atoms with Crippen LogP contribution in [-0.4, -0.2) is 69.9 Å². The number of amides is 1.